The fourth-order valence-electron chi connectivity index (χ4n) is 3.38. The molecule has 0 spiro atoms. The minimum atomic E-state index is -0.905. The Kier molecular flexibility index (Phi) is 3.33. The average molecular weight is 264 g/mol. The number of carboxylic acid groups (broad SMARTS) is 1. The molecule has 2 unspecified atom stereocenters. The van der Waals surface area contributed by atoms with Crippen LogP contribution in [-0.2, 0) is 6.54 Å². The van der Waals surface area contributed by atoms with Gasteiger partial charge in [0.1, 0.15) is 11.3 Å². The van der Waals surface area contributed by atoms with Crippen LogP contribution < -0.4 is 0 Å². The molecule has 0 aliphatic carbocycles. The van der Waals surface area contributed by atoms with Crippen molar-refractivity contribution < 1.29 is 14.3 Å². The summed E-state index contributed by atoms with van der Waals surface area (Å²) < 4.78 is 5.34. The summed E-state index contributed by atoms with van der Waals surface area (Å²) in [5.41, 5.74) is 0.294. The molecule has 2 fully saturated rings. The largest absolute Gasteiger partial charge is 0.478 e. The summed E-state index contributed by atoms with van der Waals surface area (Å²) in [6.45, 7) is 2.63. The van der Waals surface area contributed by atoms with Gasteiger partial charge in [-0.05, 0) is 32.4 Å². The van der Waals surface area contributed by atoms with Gasteiger partial charge in [0, 0.05) is 25.2 Å². The van der Waals surface area contributed by atoms with Gasteiger partial charge in [0.2, 0.25) is 0 Å². The second-order valence-corrected chi connectivity index (χ2v) is 5.64. The van der Waals surface area contributed by atoms with Crippen LogP contribution in [-0.4, -0.2) is 53.1 Å². The smallest absolute Gasteiger partial charge is 0.339 e. The summed E-state index contributed by atoms with van der Waals surface area (Å²) in [6.07, 6.45) is 5.18. The molecular formula is C14H20N2O3. The highest BCUT2D eigenvalue weighted by Crippen LogP contribution is 2.29. The molecule has 2 aliphatic rings. The van der Waals surface area contributed by atoms with Crippen molar-refractivity contribution in [2.75, 3.05) is 20.1 Å². The van der Waals surface area contributed by atoms with Gasteiger partial charge in [-0.3, -0.25) is 9.80 Å². The second-order valence-electron chi connectivity index (χ2n) is 5.64. The van der Waals surface area contributed by atoms with E-state index in [1.165, 1.54) is 25.2 Å². The molecule has 2 saturated heterocycles. The fourth-order valence-corrected chi connectivity index (χ4v) is 3.38. The van der Waals surface area contributed by atoms with E-state index in [9.17, 15) is 4.79 Å². The van der Waals surface area contributed by atoms with E-state index in [0.717, 1.165) is 19.5 Å². The van der Waals surface area contributed by atoms with E-state index in [4.69, 9.17) is 9.52 Å². The highest BCUT2D eigenvalue weighted by molar-refractivity contribution is 5.88. The van der Waals surface area contributed by atoms with Crippen molar-refractivity contribution >= 4 is 5.97 Å². The molecule has 1 aromatic heterocycles. The van der Waals surface area contributed by atoms with Crippen molar-refractivity contribution in [3.05, 3.63) is 23.7 Å². The molecule has 0 saturated carbocycles. The Labute approximate surface area is 112 Å². The topological polar surface area (TPSA) is 56.9 Å². The summed E-state index contributed by atoms with van der Waals surface area (Å²) in [5.74, 6) is -0.329. The molecule has 0 radical (unpaired) electrons. The van der Waals surface area contributed by atoms with E-state index in [2.05, 4.69) is 16.8 Å². The molecular weight excluding hydrogens is 244 g/mol. The fraction of sp³-hybridized carbons (Fsp3) is 0.643. The molecule has 5 nitrogen and oxygen atoms in total. The maximum Gasteiger partial charge on any atom is 0.339 e. The van der Waals surface area contributed by atoms with Gasteiger partial charge < -0.3 is 9.52 Å². The van der Waals surface area contributed by atoms with Crippen LogP contribution in [0.5, 0.6) is 0 Å². The van der Waals surface area contributed by atoms with Crippen LogP contribution in [0.3, 0.4) is 0 Å². The van der Waals surface area contributed by atoms with Crippen molar-refractivity contribution in [2.24, 2.45) is 0 Å². The van der Waals surface area contributed by atoms with Gasteiger partial charge in [-0.25, -0.2) is 4.79 Å². The molecule has 3 heterocycles. The van der Waals surface area contributed by atoms with E-state index in [-0.39, 0.29) is 0 Å². The van der Waals surface area contributed by atoms with Crippen LogP contribution in [0.4, 0.5) is 0 Å². The average Bonchev–Trinajstić information content (AvgIpc) is 2.89. The highest BCUT2D eigenvalue weighted by Gasteiger charge is 2.34. The molecule has 2 atom stereocenters. The monoisotopic (exact) mass is 264 g/mol. The number of likely N-dealkylation sites (tertiary alicyclic amines) is 1. The van der Waals surface area contributed by atoms with E-state index in [1.807, 2.05) is 0 Å². The Hall–Kier alpha value is -1.33. The quantitative estimate of drug-likeness (QED) is 0.899. The maximum atomic E-state index is 11.1. The molecule has 0 amide bonds. The maximum absolute atomic E-state index is 11.1. The summed E-state index contributed by atoms with van der Waals surface area (Å²) in [7, 11) is 2.21. The Balaban J connectivity index is 1.70. The number of nitrogens with zero attached hydrogens (tertiary/aromatic N) is 2. The lowest BCUT2D eigenvalue weighted by molar-refractivity contribution is 0.0692. The highest BCUT2D eigenvalue weighted by atomic mass is 16.4. The molecule has 19 heavy (non-hydrogen) atoms. The molecule has 1 N–H and O–H groups in total. The minimum absolute atomic E-state index is 0.294. The van der Waals surface area contributed by atoms with E-state index < -0.39 is 5.97 Å². The number of carboxylic acids is 1. The first kappa shape index (κ1) is 12.7. The number of fused-ring (bicyclic) bond motifs is 2. The SMILES string of the molecule is CN1C2CCC1CN(Cc1occc1C(=O)O)CC2. The van der Waals surface area contributed by atoms with Crippen LogP contribution in [0.1, 0.15) is 35.4 Å². The van der Waals surface area contributed by atoms with Gasteiger partial charge in [-0.15, -0.1) is 0 Å². The Bertz CT molecular complexity index is 471. The predicted octanol–water partition coefficient (Wildman–Crippen LogP) is 1.65. The second kappa shape index (κ2) is 4.98. The number of carbonyl (C=O) groups is 1. The first-order chi connectivity index (χ1) is 9.15. The van der Waals surface area contributed by atoms with Gasteiger partial charge in [0.05, 0.1) is 12.8 Å². The Morgan fingerprint density at radius 2 is 2.21 bits per heavy atom. The number of rotatable bonds is 3. The molecule has 104 valence electrons. The molecule has 1 aromatic rings. The van der Waals surface area contributed by atoms with Crippen molar-refractivity contribution in [2.45, 2.75) is 37.9 Å². The number of hydrogen-bond acceptors (Lipinski definition) is 4. The lowest BCUT2D eigenvalue weighted by Crippen LogP contribution is -2.36. The lowest BCUT2D eigenvalue weighted by Gasteiger charge is -2.25. The predicted molar refractivity (Wildman–Crippen MR) is 70.1 cm³/mol. The first-order valence-corrected chi connectivity index (χ1v) is 6.89. The standard InChI is InChI=1S/C14H20N2O3/c1-15-10-2-3-11(15)8-16(6-4-10)9-13-12(14(17)18)5-7-19-13/h5,7,10-11H,2-4,6,8-9H2,1H3,(H,17,18). The van der Waals surface area contributed by atoms with Crippen molar-refractivity contribution in [1.29, 1.82) is 0 Å². The Morgan fingerprint density at radius 3 is 3.00 bits per heavy atom. The number of hydrogen-bond donors (Lipinski definition) is 1. The van der Waals surface area contributed by atoms with Crippen LogP contribution in [0, 0.1) is 0 Å². The third-order valence-electron chi connectivity index (χ3n) is 4.58. The normalized spacial score (nSPS) is 28.5. The summed E-state index contributed by atoms with van der Waals surface area (Å²) in [5, 5.41) is 9.10. The minimum Gasteiger partial charge on any atom is -0.478 e. The molecule has 0 aromatic carbocycles. The molecule has 2 aliphatic heterocycles. The van der Waals surface area contributed by atoms with E-state index in [0.29, 0.717) is 30.0 Å². The van der Waals surface area contributed by atoms with Gasteiger partial charge in [0.15, 0.2) is 0 Å². The van der Waals surface area contributed by atoms with Gasteiger partial charge >= 0.3 is 5.97 Å². The summed E-state index contributed by atoms with van der Waals surface area (Å²) >= 11 is 0. The molecule has 3 rings (SSSR count). The Morgan fingerprint density at radius 1 is 1.42 bits per heavy atom. The lowest BCUT2D eigenvalue weighted by atomic mass is 10.1. The zero-order valence-electron chi connectivity index (χ0n) is 11.2. The van der Waals surface area contributed by atoms with Crippen LogP contribution >= 0.6 is 0 Å². The van der Waals surface area contributed by atoms with Crippen molar-refractivity contribution in [3.8, 4) is 0 Å². The number of aromatic carboxylic acids is 1. The zero-order chi connectivity index (χ0) is 13.4. The van der Waals surface area contributed by atoms with Gasteiger partial charge in [-0.2, -0.15) is 0 Å². The van der Waals surface area contributed by atoms with Gasteiger partial charge in [0.25, 0.3) is 0 Å². The first-order valence-electron chi connectivity index (χ1n) is 6.89. The van der Waals surface area contributed by atoms with Gasteiger partial charge in [-0.1, -0.05) is 0 Å². The van der Waals surface area contributed by atoms with Crippen molar-refractivity contribution in [1.82, 2.24) is 9.80 Å². The summed E-state index contributed by atoms with van der Waals surface area (Å²) in [6, 6.07) is 2.84. The van der Waals surface area contributed by atoms with Crippen LogP contribution in [0.15, 0.2) is 16.7 Å². The number of likely N-dealkylation sites (N-methyl/N-ethyl adjacent to an activating group) is 1. The van der Waals surface area contributed by atoms with Crippen LogP contribution in [0.25, 0.3) is 0 Å². The van der Waals surface area contributed by atoms with Crippen LogP contribution in [0.2, 0.25) is 0 Å². The molecule has 2 bridgehead atoms. The van der Waals surface area contributed by atoms with E-state index >= 15 is 0 Å². The third kappa shape index (κ3) is 2.40. The van der Waals surface area contributed by atoms with E-state index in [1.54, 1.807) is 0 Å². The zero-order valence-corrected chi connectivity index (χ0v) is 11.2. The number of furan rings is 1. The summed E-state index contributed by atoms with van der Waals surface area (Å²) in [4.78, 5) is 15.9. The van der Waals surface area contributed by atoms with Crippen molar-refractivity contribution in [3.63, 3.8) is 0 Å². The third-order valence-corrected chi connectivity index (χ3v) is 4.58. The molecule has 5 heteroatoms.